The standard InChI is InChI=1S/C18H24N4O4/c1-20-15(16(24)22-18(10-23)6-7-21-17(18)25)13-8-12(4-5-14(13)19)26-9-11-2-3-11/h4-5,8,11,19-20,23H,2-3,6-7,9-10H2,1H3,(H,21,25)(H,22,24)/b15-13-,19-14?. The summed E-state index contributed by atoms with van der Waals surface area (Å²) >= 11 is 0. The van der Waals surface area contributed by atoms with Crippen molar-refractivity contribution in [2.45, 2.75) is 24.8 Å². The highest BCUT2D eigenvalue weighted by molar-refractivity contribution is 6.15. The first kappa shape index (κ1) is 18.2. The van der Waals surface area contributed by atoms with Crippen LogP contribution in [0.5, 0.6) is 0 Å². The van der Waals surface area contributed by atoms with Crippen molar-refractivity contribution >= 4 is 17.5 Å². The highest BCUT2D eigenvalue weighted by atomic mass is 16.5. The first-order valence-electron chi connectivity index (χ1n) is 8.74. The van der Waals surface area contributed by atoms with Gasteiger partial charge in [0, 0.05) is 19.2 Å². The second-order valence-electron chi connectivity index (χ2n) is 6.79. The van der Waals surface area contributed by atoms with Gasteiger partial charge in [-0.25, -0.2) is 0 Å². The van der Waals surface area contributed by atoms with Crippen LogP contribution in [-0.2, 0) is 14.3 Å². The van der Waals surface area contributed by atoms with Crippen molar-refractivity contribution < 1.29 is 19.4 Å². The molecule has 26 heavy (non-hydrogen) atoms. The summed E-state index contributed by atoms with van der Waals surface area (Å²) in [6, 6.07) is 0. The minimum atomic E-state index is -1.33. The number of ether oxygens (including phenoxy) is 1. The van der Waals surface area contributed by atoms with Crippen molar-refractivity contribution in [1.29, 1.82) is 5.41 Å². The van der Waals surface area contributed by atoms with Gasteiger partial charge in [-0.05, 0) is 43.4 Å². The summed E-state index contributed by atoms with van der Waals surface area (Å²) in [5, 5.41) is 25.8. The number of carbonyl (C=O) groups excluding carboxylic acids is 2. The summed E-state index contributed by atoms with van der Waals surface area (Å²) in [5.41, 5.74) is -0.636. The number of carbonyl (C=O) groups is 2. The molecular weight excluding hydrogens is 336 g/mol. The van der Waals surface area contributed by atoms with E-state index in [1.165, 1.54) is 12.8 Å². The van der Waals surface area contributed by atoms with Crippen molar-refractivity contribution in [2.24, 2.45) is 5.92 Å². The molecule has 0 spiro atoms. The molecule has 0 bridgehead atoms. The van der Waals surface area contributed by atoms with Crippen molar-refractivity contribution in [3.8, 4) is 0 Å². The van der Waals surface area contributed by atoms with Gasteiger partial charge in [0.15, 0.2) is 0 Å². The zero-order chi connectivity index (χ0) is 18.7. The lowest BCUT2D eigenvalue weighted by Crippen LogP contribution is -2.57. The number of amides is 2. The van der Waals surface area contributed by atoms with Gasteiger partial charge in [0.25, 0.3) is 5.91 Å². The highest BCUT2D eigenvalue weighted by Crippen LogP contribution is 2.30. The van der Waals surface area contributed by atoms with Crippen LogP contribution < -0.4 is 16.0 Å². The van der Waals surface area contributed by atoms with Gasteiger partial charge in [-0.15, -0.1) is 0 Å². The molecule has 1 atom stereocenters. The maximum Gasteiger partial charge on any atom is 0.268 e. The summed E-state index contributed by atoms with van der Waals surface area (Å²) in [4.78, 5) is 24.8. The number of rotatable bonds is 7. The van der Waals surface area contributed by atoms with Gasteiger partial charge < -0.3 is 31.2 Å². The predicted octanol–water partition coefficient (Wildman–Crippen LogP) is -0.273. The number of hydrogen-bond donors (Lipinski definition) is 5. The van der Waals surface area contributed by atoms with Gasteiger partial charge >= 0.3 is 0 Å². The van der Waals surface area contributed by atoms with Gasteiger partial charge in [-0.2, -0.15) is 0 Å². The number of aliphatic hydroxyl groups is 1. The number of allylic oxidation sites excluding steroid dienone is 4. The molecule has 1 aliphatic heterocycles. The Hall–Kier alpha value is -2.61. The van der Waals surface area contributed by atoms with Crippen LogP contribution in [0.1, 0.15) is 19.3 Å². The summed E-state index contributed by atoms with van der Waals surface area (Å²) in [7, 11) is 1.58. The van der Waals surface area contributed by atoms with Crippen LogP contribution in [0.25, 0.3) is 0 Å². The fourth-order valence-corrected chi connectivity index (χ4v) is 2.95. The van der Waals surface area contributed by atoms with Crippen LogP contribution in [0, 0.1) is 11.3 Å². The Morgan fingerprint density at radius 3 is 2.81 bits per heavy atom. The Bertz CT molecular complexity index is 721. The predicted molar refractivity (Wildman–Crippen MR) is 95.3 cm³/mol. The smallest absolute Gasteiger partial charge is 0.268 e. The van der Waals surface area contributed by atoms with E-state index in [1.807, 2.05) is 0 Å². The van der Waals surface area contributed by atoms with Crippen molar-refractivity contribution in [1.82, 2.24) is 16.0 Å². The van der Waals surface area contributed by atoms with E-state index < -0.39 is 24.0 Å². The number of nitrogens with one attached hydrogen (secondary N) is 4. The molecule has 0 aromatic heterocycles. The van der Waals surface area contributed by atoms with Gasteiger partial charge in [0.2, 0.25) is 5.91 Å². The van der Waals surface area contributed by atoms with Crippen LogP contribution in [0.2, 0.25) is 0 Å². The Morgan fingerprint density at radius 1 is 1.46 bits per heavy atom. The molecule has 2 fully saturated rings. The van der Waals surface area contributed by atoms with Gasteiger partial charge in [0.1, 0.15) is 17.0 Å². The lowest BCUT2D eigenvalue weighted by Gasteiger charge is -2.26. The molecule has 0 aromatic rings. The molecule has 1 unspecified atom stereocenters. The third-order valence-corrected chi connectivity index (χ3v) is 4.81. The molecule has 0 radical (unpaired) electrons. The Labute approximate surface area is 151 Å². The molecule has 1 saturated heterocycles. The summed E-state index contributed by atoms with van der Waals surface area (Å²) in [6.07, 6.45) is 7.58. The fourth-order valence-electron chi connectivity index (χ4n) is 2.95. The van der Waals surface area contributed by atoms with Crippen LogP contribution >= 0.6 is 0 Å². The van der Waals surface area contributed by atoms with Crippen LogP contribution in [0.4, 0.5) is 0 Å². The van der Waals surface area contributed by atoms with E-state index in [0.717, 1.165) is 0 Å². The van der Waals surface area contributed by atoms with E-state index in [-0.39, 0.29) is 11.4 Å². The third-order valence-electron chi connectivity index (χ3n) is 4.81. The second kappa shape index (κ2) is 7.33. The minimum absolute atomic E-state index is 0.152. The molecule has 1 heterocycles. The van der Waals surface area contributed by atoms with Gasteiger partial charge in [0.05, 0.1) is 18.9 Å². The first-order valence-corrected chi connectivity index (χ1v) is 8.74. The maximum atomic E-state index is 12.8. The number of aliphatic hydroxyl groups excluding tert-OH is 1. The molecule has 3 rings (SSSR count). The topological polar surface area (TPSA) is 124 Å². The largest absolute Gasteiger partial charge is 0.493 e. The van der Waals surface area contributed by atoms with Gasteiger partial charge in [-0.1, -0.05) is 0 Å². The van der Waals surface area contributed by atoms with Crippen molar-refractivity contribution in [3.63, 3.8) is 0 Å². The molecule has 8 nitrogen and oxygen atoms in total. The molecule has 3 aliphatic rings. The molecule has 0 aromatic carbocycles. The first-order chi connectivity index (χ1) is 12.5. The van der Waals surface area contributed by atoms with E-state index >= 15 is 0 Å². The van der Waals surface area contributed by atoms with Crippen molar-refractivity contribution in [3.05, 3.63) is 35.3 Å². The van der Waals surface area contributed by atoms with E-state index in [9.17, 15) is 14.7 Å². The highest BCUT2D eigenvalue weighted by Gasteiger charge is 2.43. The summed E-state index contributed by atoms with van der Waals surface area (Å²) in [5.74, 6) is 0.234. The average molecular weight is 360 g/mol. The molecule has 2 aliphatic carbocycles. The van der Waals surface area contributed by atoms with E-state index in [4.69, 9.17) is 10.1 Å². The normalized spacial score (nSPS) is 26.9. The fraction of sp³-hybridized carbons (Fsp3) is 0.500. The van der Waals surface area contributed by atoms with E-state index in [0.29, 0.717) is 36.8 Å². The number of likely N-dealkylation sites (N-methyl/N-ethyl adjacent to an activating group) is 1. The third kappa shape index (κ3) is 3.65. The van der Waals surface area contributed by atoms with Crippen LogP contribution in [0.3, 0.4) is 0 Å². The van der Waals surface area contributed by atoms with Crippen molar-refractivity contribution in [2.75, 3.05) is 26.8 Å². The monoisotopic (exact) mass is 360 g/mol. The summed E-state index contributed by atoms with van der Waals surface area (Å²) < 4.78 is 5.73. The lowest BCUT2D eigenvalue weighted by atomic mass is 9.97. The zero-order valence-electron chi connectivity index (χ0n) is 14.7. The zero-order valence-corrected chi connectivity index (χ0v) is 14.7. The summed E-state index contributed by atoms with van der Waals surface area (Å²) in [6.45, 7) is 0.536. The van der Waals surface area contributed by atoms with Crippen LogP contribution in [0.15, 0.2) is 35.3 Å². The minimum Gasteiger partial charge on any atom is -0.493 e. The molecule has 140 valence electrons. The molecule has 8 heteroatoms. The average Bonchev–Trinajstić information content (AvgIpc) is 3.39. The Kier molecular flexibility index (Phi) is 5.13. The molecule has 2 amide bonds. The molecule has 1 saturated carbocycles. The van der Waals surface area contributed by atoms with E-state index in [2.05, 4.69) is 16.0 Å². The maximum absolute atomic E-state index is 12.8. The van der Waals surface area contributed by atoms with Crippen LogP contribution in [-0.4, -0.2) is 55.0 Å². The molecule has 5 N–H and O–H groups in total. The Balaban J connectivity index is 1.82. The SMILES string of the molecule is CN/C(C(=O)NC1(CO)CCNC1=O)=C1/C=C(OCC2CC2)C=CC1=N. The van der Waals surface area contributed by atoms with Gasteiger partial charge in [-0.3, -0.25) is 9.59 Å². The molecular formula is C18H24N4O4. The Morgan fingerprint density at radius 2 is 2.23 bits per heavy atom. The quantitative estimate of drug-likeness (QED) is 0.400. The second-order valence-corrected chi connectivity index (χ2v) is 6.79. The number of hydrogen-bond acceptors (Lipinski definition) is 6. The van der Waals surface area contributed by atoms with E-state index in [1.54, 1.807) is 25.3 Å². The lowest BCUT2D eigenvalue weighted by molar-refractivity contribution is -0.131.